The van der Waals surface area contributed by atoms with Gasteiger partial charge in [-0.25, -0.2) is 4.39 Å². The third kappa shape index (κ3) is 1.04. The van der Waals surface area contributed by atoms with Crippen molar-refractivity contribution in [2.75, 3.05) is 0 Å². The minimum atomic E-state index is -0.326. The number of rotatable bonds is 1. The van der Waals surface area contributed by atoms with Gasteiger partial charge in [-0.3, -0.25) is 4.98 Å². The summed E-state index contributed by atoms with van der Waals surface area (Å²) >= 11 is 0. The molecule has 4 heteroatoms. The molecule has 2 aromatic rings. The first-order valence-electron chi connectivity index (χ1n) is 4.61. The Morgan fingerprint density at radius 2 is 2.21 bits per heavy atom. The van der Waals surface area contributed by atoms with E-state index in [1.807, 2.05) is 6.07 Å². The molecule has 72 valence electrons. The Labute approximate surface area is 80.1 Å². The van der Waals surface area contributed by atoms with Crippen LogP contribution in [-0.2, 0) is 5.54 Å². The molecule has 0 spiro atoms. The van der Waals surface area contributed by atoms with E-state index in [1.54, 1.807) is 0 Å². The maximum atomic E-state index is 12.8. The van der Waals surface area contributed by atoms with Gasteiger partial charge in [0.15, 0.2) is 0 Å². The molecule has 1 aliphatic rings. The molecule has 0 aliphatic heterocycles. The summed E-state index contributed by atoms with van der Waals surface area (Å²) in [6, 6.07) is 3.35. The number of aromatic nitrogens is 2. The molecule has 0 bridgehead atoms. The molecule has 3 nitrogen and oxygen atoms in total. The van der Waals surface area contributed by atoms with E-state index in [4.69, 9.17) is 5.73 Å². The van der Waals surface area contributed by atoms with Crippen molar-refractivity contribution in [3.05, 3.63) is 29.8 Å². The molecule has 0 aromatic carbocycles. The average Bonchev–Trinajstić information content (AvgIpc) is 2.77. The number of nitrogens with one attached hydrogen (secondary N) is 1. The third-order valence-electron chi connectivity index (χ3n) is 2.76. The van der Waals surface area contributed by atoms with Crippen LogP contribution in [0.15, 0.2) is 18.3 Å². The molecule has 1 aliphatic carbocycles. The van der Waals surface area contributed by atoms with E-state index >= 15 is 0 Å². The molecule has 0 unspecified atom stereocenters. The van der Waals surface area contributed by atoms with Gasteiger partial charge in [0.1, 0.15) is 5.82 Å². The Morgan fingerprint density at radius 1 is 1.43 bits per heavy atom. The molecule has 14 heavy (non-hydrogen) atoms. The quantitative estimate of drug-likeness (QED) is 0.720. The minimum Gasteiger partial charge on any atom is -0.355 e. The summed E-state index contributed by atoms with van der Waals surface area (Å²) in [5, 5.41) is 0. The first kappa shape index (κ1) is 7.94. The van der Waals surface area contributed by atoms with E-state index in [2.05, 4.69) is 9.97 Å². The SMILES string of the molecule is NC1(c2cc3ncc(F)cc3[nH]2)CC1. The minimum absolute atomic E-state index is 0.211. The molecule has 0 atom stereocenters. The zero-order valence-electron chi connectivity index (χ0n) is 7.55. The van der Waals surface area contributed by atoms with Crippen molar-refractivity contribution < 1.29 is 4.39 Å². The molecule has 1 fully saturated rings. The van der Waals surface area contributed by atoms with Gasteiger partial charge >= 0.3 is 0 Å². The maximum Gasteiger partial charge on any atom is 0.143 e. The maximum absolute atomic E-state index is 12.8. The lowest BCUT2D eigenvalue weighted by molar-refractivity contribution is 0.624. The zero-order valence-corrected chi connectivity index (χ0v) is 7.55. The summed E-state index contributed by atoms with van der Waals surface area (Å²) in [5.74, 6) is -0.326. The Morgan fingerprint density at radius 3 is 2.93 bits per heavy atom. The number of halogens is 1. The normalized spacial score (nSPS) is 18.7. The van der Waals surface area contributed by atoms with Crippen molar-refractivity contribution in [2.24, 2.45) is 5.73 Å². The highest BCUT2D eigenvalue weighted by atomic mass is 19.1. The van der Waals surface area contributed by atoms with Gasteiger partial charge in [-0.15, -0.1) is 0 Å². The van der Waals surface area contributed by atoms with Crippen molar-refractivity contribution >= 4 is 11.0 Å². The number of nitrogens with zero attached hydrogens (tertiary/aromatic N) is 1. The second kappa shape index (κ2) is 2.33. The summed E-state index contributed by atoms with van der Waals surface area (Å²) < 4.78 is 12.8. The van der Waals surface area contributed by atoms with Gasteiger partial charge in [-0.05, 0) is 18.9 Å². The standard InChI is InChI=1S/C10H10FN3/c11-6-3-8-7(13-5-6)4-9(14-8)10(12)1-2-10/h3-5,14H,1-2,12H2. The van der Waals surface area contributed by atoms with Crippen molar-refractivity contribution in [1.82, 2.24) is 9.97 Å². The van der Waals surface area contributed by atoms with Gasteiger partial charge in [-0.2, -0.15) is 0 Å². The van der Waals surface area contributed by atoms with Crippen molar-refractivity contribution in [3.63, 3.8) is 0 Å². The molecule has 0 amide bonds. The Bertz CT molecular complexity index is 499. The zero-order chi connectivity index (χ0) is 9.76. The van der Waals surface area contributed by atoms with Gasteiger partial charge in [0.25, 0.3) is 0 Å². The van der Waals surface area contributed by atoms with Crippen molar-refractivity contribution in [1.29, 1.82) is 0 Å². The summed E-state index contributed by atoms with van der Waals surface area (Å²) in [5.41, 5.74) is 8.26. The van der Waals surface area contributed by atoms with E-state index < -0.39 is 0 Å². The van der Waals surface area contributed by atoms with Crippen LogP contribution in [-0.4, -0.2) is 9.97 Å². The first-order valence-corrected chi connectivity index (χ1v) is 4.61. The predicted octanol–water partition coefficient (Wildman–Crippen LogP) is 1.65. The summed E-state index contributed by atoms with van der Waals surface area (Å²) in [7, 11) is 0. The van der Waals surface area contributed by atoms with E-state index in [0.717, 1.165) is 29.6 Å². The number of hydrogen-bond acceptors (Lipinski definition) is 2. The second-order valence-electron chi connectivity index (χ2n) is 3.93. The number of aromatic amines is 1. The molecule has 0 radical (unpaired) electrons. The monoisotopic (exact) mass is 191 g/mol. The summed E-state index contributed by atoms with van der Waals surface area (Å²) in [6.45, 7) is 0. The smallest absolute Gasteiger partial charge is 0.143 e. The molecular formula is C10H10FN3. The lowest BCUT2D eigenvalue weighted by Crippen LogP contribution is -2.18. The van der Waals surface area contributed by atoms with Crippen molar-refractivity contribution in [3.8, 4) is 0 Å². The molecule has 3 N–H and O–H groups in total. The number of hydrogen-bond donors (Lipinski definition) is 2. The molecule has 0 saturated heterocycles. The van der Waals surface area contributed by atoms with E-state index in [0.29, 0.717) is 0 Å². The van der Waals surface area contributed by atoms with Gasteiger partial charge in [0.2, 0.25) is 0 Å². The van der Waals surface area contributed by atoms with E-state index in [1.165, 1.54) is 12.3 Å². The Hall–Kier alpha value is -1.42. The molecule has 1 saturated carbocycles. The second-order valence-corrected chi connectivity index (χ2v) is 3.93. The van der Waals surface area contributed by atoms with Crippen LogP contribution >= 0.6 is 0 Å². The lowest BCUT2D eigenvalue weighted by Gasteiger charge is -2.03. The van der Waals surface area contributed by atoms with Gasteiger partial charge < -0.3 is 10.7 Å². The van der Waals surface area contributed by atoms with E-state index in [9.17, 15) is 4.39 Å². The van der Waals surface area contributed by atoms with Crippen LogP contribution in [0.3, 0.4) is 0 Å². The predicted molar refractivity (Wildman–Crippen MR) is 51.2 cm³/mol. The van der Waals surface area contributed by atoms with E-state index in [-0.39, 0.29) is 11.4 Å². The van der Waals surface area contributed by atoms with Crippen molar-refractivity contribution in [2.45, 2.75) is 18.4 Å². The fourth-order valence-corrected chi connectivity index (χ4v) is 1.66. The van der Waals surface area contributed by atoms with Crippen LogP contribution in [0, 0.1) is 5.82 Å². The highest BCUT2D eigenvalue weighted by Gasteiger charge is 2.41. The molecule has 3 rings (SSSR count). The topological polar surface area (TPSA) is 54.7 Å². The molecule has 2 aromatic heterocycles. The van der Waals surface area contributed by atoms with Crippen LogP contribution in [0.5, 0.6) is 0 Å². The lowest BCUT2D eigenvalue weighted by atomic mass is 10.2. The Kier molecular flexibility index (Phi) is 1.32. The van der Waals surface area contributed by atoms with Crippen LogP contribution in [0.2, 0.25) is 0 Å². The van der Waals surface area contributed by atoms with Crippen LogP contribution < -0.4 is 5.73 Å². The van der Waals surface area contributed by atoms with Gasteiger partial charge in [0, 0.05) is 11.8 Å². The van der Waals surface area contributed by atoms with Crippen LogP contribution in [0.4, 0.5) is 4.39 Å². The summed E-state index contributed by atoms with van der Waals surface area (Å²) in [4.78, 5) is 7.09. The highest BCUT2D eigenvalue weighted by molar-refractivity contribution is 5.76. The van der Waals surface area contributed by atoms with Gasteiger partial charge in [0.05, 0.1) is 22.8 Å². The van der Waals surface area contributed by atoms with Crippen LogP contribution in [0.25, 0.3) is 11.0 Å². The number of fused-ring (bicyclic) bond motifs is 1. The first-order chi connectivity index (χ1) is 6.67. The highest BCUT2D eigenvalue weighted by Crippen LogP contribution is 2.42. The Balaban J connectivity index is 2.20. The average molecular weight is 191 g/mol. The summed E-state index contributed by atoms with van der Waals surface area (Å²) in [6.07, 6.45) is 3.20. The fraction of sp³-hybridized carbons (Fsp3) is 0.300. The molecule has 2 heterocycles. The number of pyridine rings is 1. The third-order valence-corrected chi connectivity index (χ3v) is 2.76. The number of nitrogens with two attached hydrogens (primary N) is 1. The van der Waals surface area contributed by atoms with Crippen LogP contribution in [0.1, 0.15) is 18.5 Å². The fourth-order valence-electron chi connectivity index (χ4n) is 1.66. The molecular weight excluding hydrogens is 181 g/mol. The largest absolute Gasteiger partial charge is 0.355 e. The van der Waals surface area contributed by atoms with Gasteiger partial charge in [-0.1, -0.05) is 0 Å². The number of H-pyrrole nitrogens is 1.